The van der Waals surface area contributed by atoms with Crippen LogP contribution in [0, 0.1) is 5.92 Å². The summed E-state index contributed by atoms with van der Waals surface area (Å²) in [4.78, 5) is 15.0. The molecule has 0 spiro atoms. The molecule has 152 valence electrons. The zero-order valence-electron chi connectivity index (χ0n) is 16.6. The number of piperidine rings is 2. The number of aryl methyl sites for hydroxylation is 1. The Bertz CT molecular complexity index is 805. The maximum Gasteiger partial charge on any atom is 0.231 e. The predicted molar refractivity (Wildman–Crippen MR) is 105 cm³/mol. The van der Waals surface area contributed by atoms with Crippen molar-refractivity contribution in [2.45, 2.75) is 57.4 Å². The van der Waals surface area contributed by atoms with Gasteiger partial charge in [-0.25, -0.2) is 0 Å². The molecule has 0 saturated carbocycles. The summed E-state index contributed by atoms with van der Waals surface area (Å²) in [5.41, 5.74) is 0.689. The van der Waals surface area contributed by atoms with E-state index in [4.69, 9.17) is 4.74 Å². The maximum absolute atomic E-state index is 12.3. The maximum atomic E-state index is 12.3. The lowest BCUT2D eigenvalue weighted by molar-refractivity contribution is -0.121. The molecule has 2 aromatic heterocycles. The number of aromatic nitrogens is 4. The molecule has 0 aliphatic carbocycles. The first-order chi connectivity index (χ1) is 13.7. The van der Waals surface area contributed by atoms with Crippen molar-refractivity contribution in [2.75, 3.05) is 26.7 Å². The fourth-order valence-electron chi connectivity index (χ4n) is 4.64. The minimum atomic E-state index is 0.132. The average Bonchev–Trinajstić information content (AvgIpc) is 3.14. The van der Waals surface area contributed by atoms with Crippen LogP contribution >= 0.6 is 0 Å². The first-order valence-corrected chi connectivity index (χ1v) is 10.5. The summed E-state index contributed by atoms with van der Waals surface area (Å²) >= 11 is 0. The van der Waals surface area contributed by atoms with Crippen LogP contribution in [0.2, 0.25) is 0 Å². The molecule has 0 radical (unpaired) electrons. The Morgan fingerprint density at radius 2 is 2.11 bits per heavy atom. The number of carbonyl (C=O) groups is 1. The van der Waals surface area contributed by atoms with Gasteiger partial charge in [0.2, 0.25) is 11.8 Å². The summed E-state index contributed by atoms with van der Waals surface area (Å²) in [5.74, 6) is 2.02. The number of amides is 1. The van der Waals surface area contributed by atoms with Crippen molar-refractivity contribution >= 4 is 11.6 Å². The first-order valence-electron chi connectivity index (χ1n) is 10.5. The van der Waals surface area contributed by atoms with Gasteiger partial charge in [-0.05, 0) is 57.2 Å². The van der Waals surface area contributed by atoms with Crippen LogP contribution in [0.5, 0.6) is 5.88 Å². The van der Waals surface area contributed by atoms with Crippen LogP contribution in [0.25, 0.3) is 5.65 Å². The van der Waals surface area contributed by atoms with Crippen LogP contribution in [-0.4, -0.2) is 63.4 Å². The topological polar surface area (TPSA) is 84.6 Å². The molecule has 0 bridgehead atoms. The van der Waals surface area contributed by atoms with Gasteiger partial charge in [-0.1, -0.05) is 6.42 Å². The Hall–Kier alpha value is -2.22. The molecule has 2 aliphatic rings. The number of methoxy groups -OCH3 is 1. The number of nitrogens with one attached hydrogen (secondary N) is 1. The Morgan fingerprint density at radius 3 is 3.00 bits per heavy atom. The summed E-state index contributed by atoms with van der Waals surface area (Å²) in [6.07, 6.45) is 8.33. The van der Waals surface area contributed by atoms with E-state index in [9.17, 15) is 4.79 Å². The van der Waals surface area contributed by atoms with Gasteiger partial charge in [0.05, 0.1) is 7.11 Å². The largest absolute Gasteiger partial charge is 0.480 e. The molecule has 28 heavy (non-hydrogen) atoms. The summed E-state index contributed by atoms with van der Waals surface area (Å²) in [5, 5.41) is 15.8. The predicted octanol–water partition coefficient (Wildman–Crippen LogP) is 1.84. The van der Waals surface area contributed by atoms with Crippen LogP contribution < -0.4 is 10.1 Å². The molecule has 2 saturated heterocycles. The molecule has 8 nitrogen and oxygen atoms in total. The van der Waals surface area contributed by atoms with Gasteiger partial charge >= 0.3 is 0 Å². The van der Waals surface area contributed by atoms with E-state index < -0.39 is 0 Å². The minimum Gasteiger partial charge on any atom is -0.480 e. The number of fused-ring (bicyclic) bond motifs is 2. The molecule has 0 aromatic carbocycles. The van der Waals surface area contributed by atoms with E-state index in [-0.39, 0.29) is 5.91 Å². The van der Waals surface area contributed by atoms with Gasteiger partial charge in [0.15, 0.2) is 11.5 Å². The molecule has 4 rings (SSSR count). The Kier molecular flexibility index (Phi) is 6.04. The lowest BCUT2D eigenvalue weighted by atomic mass is 9.83. The standard InChI is InChI=1S/C20H30N6O2/c1-28-20-11-10-18-23-22-17(26(18)24-20)8-4-9-19(27)21-14-15-6-5-13-25-12-3-2-7-16(15)25/h10-11,15-16H,2-9,12-14H2,1H3,(H,21,27)/t15-,16-/m0/s1. The number of carbonyl (C=O) groups excluding carboxylic acids is 1. The number of rotatable bonds is 7. The molecular formula is C20H30N6O2. The lowest BCUT2D eigenvalue weighted by Gasteiger charge is -2.44. The van der Waals surface area contributed by atoms with E-state index in [1.54, 1.807) is 17.7 Å². The fraction of sp³-hybridized carbons (Fsp3) is 0.700. The highest BCUT2D eigenvalue weighted by atomic mass is 16.5. The van der Waals surface area contributed by atoms with Crippen LogP contribution in [0.1, 0.15) is 50.8 Å². The second-order valence-electron chi connectivity index (χ2n) is 7.92. The third kappa shape index (κ3) is 4.27. The number of hydrogen-bond acceptors (Lipinski definition) is 6. The molecule has 2 fully saturated rings. The summed E-state index contributed by atoms with van der Waals surface area (Å²) in [7, 11) is 1.58. The Balaban J connectivity index is 1.24. The molecule has 1 N–H and O–H groups in total. The highest BCUT2D eigenvalue weighted by molar-refractivity contribution is 5.75. The normalized spacial score (nSPS) is 22.8. The molecule has 0 unspecified atom stereocenters. The third-order valence-corrected chi connectivity index (χ3v) is 6.11. The van der Waals surface area contributed by atoms with E-state index in [2.05, 4.69) is 25.5 Å². The fourth-order valence-corrected chi connectivity index (χ4v) is 4.64. The van der Waals surface area contributed by atoms with Crippen molar-refractivity contribution in [3.8, 4) is 5.88 Å². The van der Waals surface area contributed by atoms with Gasteiger partial charge in [0.25, 0.3) is 0 Å². The molecule has 2 atom stereocenters. The first kappa shape index (κ1) is 19.1. The van der Waals surface area contributed by atoms with E-state index in [0.717, 1.165) is 18.8 Å². The average molecular weight is 387 g/mol. The number of hydrogen-bond donors (Lipinski definition) is 1. The lowest BCUT2D eigenvalue weighted by Crippen LogP contribution is -2.50. The highest BCUT2D eigenvalue weighted by Gasteiger charge is 2.32. The second-order valence-corrected chi connectivity index (χ2v) is 7.92. The molecule has 8 heteroatoms. The zero-order chi connectivity index (χ0) is 19.3. The molecule has 2 aliphatic heterocycles. The van der Waals surface area contributed by atoms with Crippen LogP contribution in [0.4, 0.5) is 0 Å². The summed E-state index contributed by atoms with van der Waals surface area (Å²) in [6, 6.07) is 4.26. The van der Waals surface area contributed by atoms with Gasteiger partial charge in [-0.15, -0.1) is 15.3 Å². The van der Waals surface area contributed by atoms with Gasteiger partial charge in [0, 0.05) is 31.5 Å². The quantitative estimate of drug-likeness (QED) is 0.782. The van der Waals surface area contributed by atoms with Crippen LogP contribution in [0.3, 0.4) is 0 Å². The smallest absolute Gasteiger partial charge is 0.231 e. The van der Waals surface area contributed by atoms with Crippen molar-refractivity contribution in [1.82, 2.24) is 30.0 Å². The monoisotopic (exact) mass is 386 g/mol. The van der Waals surface area contributed by atoms with Gasteiger partial charge in [-0.3, -0.25) is 4.79 Å². The van der Waals surface area contributed by atoms with E-state index in [1.807, 2.05) is 6.07 Å². The van der Waals surface area contributed by atoms with E-state index >= 15 is 0 Å². The summed E-state index contributed by atoms with van der Waals surface area (Å²) < 4.78 is 6.85. The molecule has 2 aromatic rings. The number of nitrogens with zero attached hydrogens (tertiary/aromatic N) is 5. The minimum absolute atomic E-state index is 0.132. The van der Waals surface area contributed by atoms with Crippen molar-refractivity contribution in [1.29, 1.82) is 0 Å². The molecule has 1 amide bonds. The highest BCUT2D eigenvalue weighted by Crippen LogP contribution is 2.30. The molecule has 4 heterocycles. The molecular weight excluding hydrogens is 356 g/mol. The number of ether oxygens (including phenoxy) is 1. The van der Waals surface area contributed by atoms with Crippen molar-refractivity contribution in [3.63, 3.8) is 0 Å². The van der Waals surface area contributed by atoms with Crippen molar-refractivity contribution < 1.29 is 9.53 Å². The second kappa shape index (κ2) is 8.86. The van der Waals surface area contributed by atoms with Crippen LogP contribution in [-0.2, 0) is 11.2 Å². The van der Waals surface area contributed by atoms with E-state index in [1.165, 1.54) is 45.2 Å². The van der Waals surface area contributed by atoms with Gasteiger partial charge in [-0.2, -0.15) is 4.52 Å². The zero-order valence-corrected chi connectivity index (χ0v) is 16.6. The SMILES string of the molecule is COc1ccc2nnc(CCCC(=O)NC[C@@H]3CCCN4CCCC[C@@H]34)n2n1. The van der Waals surface area contributed by atoms with Gasteiger partial charge < -0.3 is 15.0 Å². The van der Waals surface area contributed by atoms with E-state index in [0.29, 0.717) is 36.3 Å². The third-order valence-electron chi connectivity index (χ3n) is 6.11. The Labute approximate surface area is 165 Å². The Morgan fingerprint density at radius 1 is 1.21 bits per heavy atom. The van der Waals surface area contributed by atoms with Gasteiger partial charge in [0.1, 0.15) is 0 Å². The summed E-state index contributed by atoms with van der Waals surface area (Å²) in [6.45, 7) is 3.28. The van der Waals surface area contributed by atoms with Crippen molar-refractivity contribution in [2.24, 2.45) is 5.92 Å². The van der Waals surface area contributed by atoms with Crippen molar-refractivity contribution in [3.05, 3.63) is 18.0 Å². The van der Waals surface area contributed by atoms with Crippen LogP contribution in [0.15, 0.2) is 12.1 Å².